The number of halogens is 1. The topological polar surface area (TPSA) is 33.2 Å². The maximum atomic E-state index is 12.4. The molecule has 1 saturated carbocycles. The van der Waals surface area contributed by atoms with E-state index >= 15 is 0 Å². The SMILES string of the molecule is O=C(c1ccc(Cl)nc1)N1CCC2(CCCC2)CC1. The van der Waals surface area contributed by atoms with Crippen LogP contribution in [0.4, 0.5) is 0 Å². The van der Waals surface area contributed by atoms with Crippen LogP contribution in [0.25, 0.3) is 0 Å². The third-order valence-corrected chi connectivity index (χ3v) is 4.97. The molecule has 1 aromatic rings. The van der Waals surface area contributed by atoms with E-state index in [0.29, 0.717) is 16.1 Å². The van der Waals surface area contributed by atoms with Crippen molar-refractivity contribution in [2.75, 3.05) is 13.1 Å². The second-order valence-corrected chi connectivity index (χ2v) is 6.26. The highest BCUT2D eigenvalue weighted by Crippen LogP contribution is 2.46. The van der Waals surface area contributed by atoms with E-state index < -0.39 is 0 Å². The van der Waals surface area contributed by atoms with Crippen LogP contribution in [0.1, 0.15) is 48.9 Å². The molecule has 1 aromatic heterocycles. The molecule has 2 heterocycles. The van der Waals surface area contributed by atoms with Crippen LogP contribution in [-0.2, 0) is 0 Å². The van der Waals surface area contributed by atoms with Crippen LogP contribution in [-0.4, -0.2) is 28.9 Å². The predicted molar refractivity (Wildman–Crippen MR) is 75.3 cm³/mol. The molecule has 1 aliphatic carbocycles. The Morgan fingerprint density at radius 1 is 1.16 bits per heavy atom. The lowest BCUT2D eigenvalue weighted by molar-refractivity contribution is 0.0587. The standard InChI is InChI=1S/C15H19ClN2O/c16-13-4-3-12(11-17-13)14(19)18-9-7-15(8-10-18)5-1-2-6-15/h3-4,11H,1-2,5-10H2. The lowest BCUT2D eigenvalue weighted by Crippen LogP contribution is -2.42. The summed E-state index contributed by atoms with van der Waals surface area (Å²) in [4.78, 5) is 18.3. The Morgan fingerprint density at radius 2 is 1.84 bits per heavy atom. The van der Waals surface area contributed by atoms with Crippen LogP contribution in [0.5, 0.6) is 0 Å². The number of piperidine rings is 1. The molecule has 4 heteroatoms. The Bertz CT molecular complexity index is 456. The minimum atomic E-state index is 0.0945. The molecule has 1 spiro atoms. The first-order chi connectivity index (χ1) is 9.19. The van der Waals surface area contributed by atoms with Crippen molar-refractivity contribution in [2.24, 2.45) is 5.41 Å². The third-order valence-electron chi connectivity index (χ3n) is 4.75. The van der Waals surface area contributed by atoms with Crippen LogP contribution < -0.4 is 0 Å². The number of carbonyl (C=O) groups excluding carboxylic acids is 1. The summed E-state index contributed by atoms with van der Waals surface area (Å²) >= 11 is 5.75. The number of aromatic nitrogens is 1. The van der Waals surface area contributed by atoms with Crippen LogP contribution in [0, 0.1) is 5.41 Å². The van der Waals surface area contributed by atoms with Crippen molar-refractivity contribution in [3.8, 4) is 0 Å². The van der Waals surface area contributed by atoms with Gasteiger partial charge in [-0.1, -0.05) is 24.4 Å². The number of hydrogen-bond acceptors (Lipinski definition) is 2. The molecule has 0 atom stereocenters. The van der Waals surface area contributed by atoms with Crippen molar-refractivity contribution in [3.05, 3.63) is 29.0 Å². The zero-order valence-corrected chi connectivity index (χ0v) is 11.8. The summed E-state index contributed by atoms with van der Waals surface area (Å²) in [7, 11) is 0. The van der Waals surface area contributed by atoms with E-state index in [1.807, 2.05) is 4.90 Å². The van der Waals surface area contributed by atoms with Crippen molar-refractivity contribution in [2.45, 2.75) is 38.5 Å². The van der Waals surface area contributed by atoms with E-state index in [9.17, 15) is 4.79 Å². The molecule has 0 unspecified atom stereocenters. The fourth-order valence-electron chi connectivity index (χ4n) is 3.49. The van der Waals surface area contributed by atoms with E-state index in [2.05, 4.69) is 4.98 Å². The number of pyridine rings is 1. The summed E-state index contributed by atoms with van der Waals surface area (Å²) in [5, 5.41) is 0.431. The zero-order chi connectivity index (χ0) is 13.3. The molecule has 1 aliphatic heterocycles. The second kappa shape index (κ2) is 5.12. The largest absolute Gasteiger partial charge is 0.339 e. The zero-order valence-electron chi connectivity index (χ0n) is 11.1. The van der Waals surface area contributed by atoms with E-state index in [1.165, 1.54) is 38.5 Å². The van der Waals surface area contributed by atoms with E-state index in [-0.39, 0.29) is 5.91 Å². The molecule has 0 radical (unpaired) electrons. The molecular weight excluding hydrogens is 260 g/mol. The van der Waals surface area contributed by atoms with Gasteiger partial charge in [-0.2, -0.15) is 0 Å². The third kappa shape index (κ3) is 2.62. The van der Waals surface area contributed by atoms with Gasteiger partial charge in [0.2, 0.25) is 0 Å². The molecule has 1 saturated heterocycles. The normalized spacial score (nSPS) is 21.8. The molecule has 3 nitrogen and oxygen atoms in total. The first kappa shape index (κ1) is 12.9. The molecule has 1 amide bonds. The van der Waals surface area contributed by atoms with Crippen molar-refractivity contribution in [1.82, 2.24) is 9.88 Å². The summed E-state index contributed by atoms with van der Waals surface area (Å²) in [6, 6.07) is 3.44. The first-order valence-electron chi connectivity index (χ1n) is 7.09. The Kier molecular flexibility index (Phi) is 3.48. The maximum absolute atomic E-state index is 12.4. The number of amides is 1. The van der Waals surface area contributed by atoms with E-state index in [4.69, 9.17) is 11.6 Å². The van der Waals surface area contributed by atoms with Gasteiger partial charge in [0.15, 0.2) is 0 Å². The molecule has 2 fully saturated rings. The van der Waals surface area contributed by atoms with Gasteiger partial charge < -0.3 is 4.90 Å². The predicted octanol–water partition coefficient (Wildman–Crippen LogP) is 3.53. The van der Waals surface area contributed by atoms with Crippen molar-refractivity contribution >= 4 is 17.5 Å². The summed E-state index contributed by atoms with van der Waals surface area (Å²) in [6.07, 6.45) is 9.36. The summed E-state index contributed by atoms with van der Waals surface area (Å²) < 4.78 is 0. The average molecular weight is 279 g/mol. The minimum absolute atomic E-state index is 0.0945. The highest BCUT2D eigenvalue weighted by atomic mass is 35.5. The van der Waals surface area contributed by atoms with Gasteiger partial charge in [0.25, 0.3) is 5.91 Å². The Hall–Kier alpha value is -1.09. The lowest BCUT2D eigenvalue weighted by atomic mass is 9.77. The number of rotatable bonds is 1. The Morgan fingerprint density at radius 3 is 2.42 bits per heavy atom. The number of carbonyl (C=O) groups is 1. The molecule has 0 N–H and O–H groups in total. The van der Waals surface area contributed by atoms with Gasteiger partial charge in [-0.3, -0.25) is 4.79 Å². The number of hydrogen-bond donors (Lipinski definition) is 0. The summed E-state index contributed by atoms with van der Waals surface area (Å²) in [5.41, 5.74) is 1.20. The van der Waals surface area contributed by atoms with Crippen LogP contribution in [0.2, 0.25) is 5.15 Å². The van der Waals surface area contributed by atoms with Gasteiger partial charge in [-0.15, -0.1) is 0 Å². The number of nitrogens with zero attached hydrogens (tertiary/aromatic N) is 2. The van der Waals surface area contributed by atoms with Gasteiger partial charge in [-0.05, 0) is 43.2 Å². The van der Waals surface area contributed by atoms with Crippen LogP contribution in [0.3, 0.4) is 0 Å². The molecule has 19 heavy (non-hydrogen) atoms. The lowest BCUT2D eigenvalue weighted by Gasteiger charge is -2.39. The van der Waals surface area contributed by atoms with E-state index in [0.717, 1.165) is 13.1 Å². The summed E-state index contributed by atoms with van der Waals surface area (Å²) in [5.74, 6) is 0.0945. The minimum Gasteiger partial charge on any atom is -0.339 e. The molecule has 0 bridgehead atoms. The molecular formula is C15H19ClN2O. The first-order valence-corrected chi connectivity index (χ1v) is 7.47. The van der Waals surface area contributed by atoms with Gasteiger partial charge in [0, 0.05) is 19.3 Å². The van der Waals surface area contributed by atoms with Crippen molar-refractivity contribution in [3.63, 3.8) is 0 Å². The molecule has 3 rings (SSSR count). The van der Waals surface area contributed by atoms with E-state index in [1.54, 1.807) is 18.3 Å². The van der Waals surface area contributed by atoms with Crippen LogP contribution in [0.15, 0.2) is 18.3 Å². The molecule has 2 aliphatic rings. The van der Waals surface area contributed by atoms with Crippen molar-refractivity contribution < 1.29 is 4.79 Å². The van der Waals surface area contributed by atoms with Gasteiger partial charge >= 0.3 is 0 Å². The monoisotopic (exact) mass is 278 g/mol. The van der Waals surface area contributed by atoms with Gasteiger partial charge in [0.05, 0.1) is 5.56 Å². The number of likely N-dealkylation sites (tertiary alicyclic amines) is 1. The van der Waals surface area contributed by atoms with Crippen LogP contribution >= 0.6 is 11.6 Å². The smallest absolute Gasteiger partial charge is 0.255 e. The fourth-order valence-corrected chi connectivity index (χ4v) is 3.61. The Balaban J connectivity index is 1.64. The maximum Gasteiger partial charge on any atom is 0.255 e. The summed E-state index contributed by atoms with van der Waals surface area (Å²) in [6.45, 7) is 1.78. The highest BCUT2D eigenvalue weighted by molar-refractivity contribution is 6.29. The van der Waals surface area contributed by atoms with Crippen molar-refractivity contribution in [1.29, 1.82) is 0 Å². The molecule has 102 valence electrons. The fraction of sp³-hybridized carbons (Fsp3) is 0.600. The van der Waals surface area contributed by atoms with Gasteiger partial charge in [0.1, 0.15) is 5.15 Å². The quantitative estimate of drug-likeness (QED) is 0.736. The van der Waals surface area contributed by atoms with Gasteiger partial charge in [-0.25, -0.2) is 4.98 Å². The average Bonchev–Trinajstić information content (AvgIpc) is 2.88. The highest BCUT2D eigenvalue weighted by Gasteiger charge is 2.38. The second-order valence-electron chi connectivity index (χ2n) is 5.87. The molecule has 0 aromatic carbocycles. The Labute approximate surface area is 119 Å².